The minimum atomic E-state index is 0.519. The number of nitrogens with zero attached hydrogens (tertiary/aromatic N) is 1. The van der Waals surface area contributed by atoms with E-state index in [0.717, 1.165) is 13.1 Å². The first kappa shape index (κ1) is 16.4. The van der Waals surface area contributed by atoms with Gasteiger partial charge in [-0.3, -0.25) is 0 Å². The minimum Gasteiger partial charge on any atom is -0.371 e. The van der Waals surface area contributed by atoms with Crippen LogP contribution in [0.4, 0.5) is 5.69 Å². The molecular formula is C19H32N2. The molecular weight excluding hydrogens is 256 g/mol. The standard InChI is InChI=1S/C19H32N2/c1-15(2)13-20-14-17-6-7-18(16(3)12-17)21-10-8-19(4,5)9-11-21/h6-7,12,15,20H,8-11,13-14H2,1-5H3. The highest BCUT2D eigenvalue weighted by Crippen LogP contribution is 2.33. The van der Waals surface area contributed by atoms with Crippen LogP contribution in [0.15, 0.2) is 18.2 Å². The molecule has 21 heavy (non-hydrogen) atoms. The van der Waals surface area contributed by atoms with E-state index in [1.807, 2.05) is 0 Å². The van der Waals surface area contributed by atoms with Crippen molar-refractivity contribution in [2.45, 2.75) is 54.0 Å². The van der Waals surface area contributed by atoms with E-state index >= 15 is 0 Å². The summed E-state index contributed by atoms with van der Waals surface area (Å²) in [6, 6.07) is 6.96. The molecule has 1 N–H and O–H groups in total. The van der Waals surface area contributed by atoms with E-state index in [0.29, 0.717) is 11.3 Å². The molecule has 0 amide bonds. The number of aryl methyl sites for hydroxylation is 1. The van der Waals surface area contributed by atoms with Gasteiger partial charge in [0.05, 0.1) is 0 Å². The molecule has 1 aromatic rings. The molecule has 0 unspecified atom stereocenters. The Morgan fingerprint density at radius 3 is 2.43 bits per heavy atom. The van der Waals surface area contributed by atoms with E-state index in [-0.39, 0.29) is 0 Å². The van der Waals surface area contributed by atoms with Gasteiger partial charge in [0.2, 0.25) is 0 Å². The third-order valence-electron chi connectivity index (χ3n) is 4.60. The molecule has 2 heteroatoms. The van der Waals surface area contributed by atoms with Crippen LogP contribution in [0.2, 0.25) is 0 Å². The van der Waals surface area contributed by atoms with E-state index in [9.17, 15) is 0 Å². The monoisotopic (exact) mass is 288 g/mol. The summed E-state index contributed by atoms with van der Waals surface area (Å²) in [5.41, 5.74) is 4.76. The number of hydrogen-bond donors (Lipinski definition) is 1. The van der Waals surface area contributed by atoms with Crippen molar-refractivity contribution in [1.29, 1.82) is 0 Å². The van der Waals surface area contributed by atoms with Gasteiger partial charge in [-0.25, -0.2) is 0 Å². The molecule has 2 rings (SSSR count). The topological polar surface area (TPSA) is 15.3 Å². The van der Waals surface area contributed by atoms with Crippen molar-refractivity contribution in [3.63, 3.8) is 0 Å². The second-order valence-electron chi connectivity index (χ2n) is 7.80. The summed E-state index contributed by atoms with van der Waals surface area (Å²) in [6.45, 7) is 16.0. The Labute approximate surface area is 130 Å². The van der Waals surface area contributed by atoms with Gasteiger partial charge >= 0.3 is 0 Å². The van der Waals surface area contributed by atoms with Crippen molar-refractivity contribution < 1.29 is 0 Å². The van der Waals surface area contributed by atoms with Crippen LogP contribution in [0.1, 0.15) is 51.7 Å². The summed E-state index contributed by atoms with van der Waals surface area (Å²) < 4.78 is 0. The van der Waals surface area contributed by atoms with E-state index in [1.54, 1.807) is 0 Å². The van der Waals surface area contributed by atoms with Crippen molar-refractivity contribution in [3.05, 3.63) is 29.3 Å². The summed E-state index contributed by atoms with van der Waals surface area (Å²) in [5.74, 6) is 0.710. The van der Waals surface area contributed by atoms with Crippen molar-refractivity contribution in [2.24, 2.45) is 11.3 Å². The Morgan fingerprint density at radius 2 is 1.86 bits per heavy atom. The lowest BCUT2D eigenvalue weighted by atomic mass is 9.82. The van der Waals surface area contributed by atoms with Gasteiger partial charge in [-0.2, -0.15) is 0 Å². The Hall–Kier alpha value is -1.02. The lowest BCUT2D eigenvalue weighted by Gasteiger charge is -2.39. The van der Waals surface area contributed by atoms with Gasteiger partial charge in [0.1, 0.15) is 0 Å². The van der Waals surface area contributed by atoms with E-state index in [4.69, 9.17) is 0 Å². The molecule has 1 aliphatic rings. The number of anilines is 1. The molecule has 0 saturated carbocycles. The number of hydrogen-bond acceptors (Lipinski definition) is 2. The van der Waals surface area contributed by atoms with Gasteiger partial charge in [-0.1, -0.05) is 39.8 Å². The van der Waals surface area contributed by atoms with Crippen LogP contribution >= 0.6 is 0 Å². The Bertz CT molecular complexity index is 453. The van der Waals surface area contributed by atoms with Gasteiger partial charge in [-0.05, 0) is 54.8 Å². The molecule has 1 aliphatic heterocycles. The van der Waals surface area contributed by atoms with Crippen LogP contribution in [0, 0.1) is 18.3 Å². The summed E-state index contributed by atoms with van der Waals surface area (Å²) >= 11 is 0. The largest absolute Gasteiger partial charge is 0.371 e. The first-order chi connectivity index (χ1) is 9.87. The lowest BCUT2D eigenvalue weighted by Crippen LogP contribution is -2.37. The number of rotatable bonds is 5. The molecule has 1 heterocycles. The maximum atomic E-state index is 3.52. The highest BCUT2D eigenvalue weighted by atomic mass is 15.1. The molecule has 0 aromatic heterocycles. The van der Waals surface area contributed by atoms with Crippen LogP contribution < -0.4 is 10.2 Å². The highest BCUT2D eigenvalue weighted by molar-refractivity contribution is 5.54. The Kier molecular flexibility index (Phi) is 5.32. The first-order valence-electron chi connectivity index (χ1n) is 8.42. The molecule has 0 bridgehead atoms. The molecule has 1 fully saturated rings. The summed E-state index contributed by atoms with van der Waals surface area (Å²) in [7, 11) is 0. The normalized spacial score (nSPS) is 18.3. The fourth-order valence-electron chi connectivity index (χ4n) is 3.04. The third-order valence-corrected chi connectivity index (χ3v) is 4.60. The molecule has 1 aromatic carbocycles. The molecule has 0 aliphatic carbocycles. The second kappa shape index (κ2) is 6.83. The lowest BCUT2D eigenvalue weighted by molar-refractivity contribution is 0.279. The second-order valence-corrected chi connectivity index (χ2v) is 7.80. The number of nitrogens with one attached hydrogen (secondary N) is 1. The molecule has 118 valence electrons. The van der Waals surface area contributed by atoms with Crippen LogP contribution in [0.3, 0.4) is 0 Å². The molecule has 0 spiro atoms. The summed E-state index contributed by atoms with van der Waals surface area (Å²) in [6.07, 6.45) is 2.59. The van der Waals surface area contributed by atoms with Crippen LogP contribution in [0.25, 0.3) is 0 Å². The maximum absolute atomic E-state index is 3.52. The minimum absolute atomic E-state index is 0.519. The van der Waals surface area contributed by atoms with Crippen LogP contribution in [-0.4, -0.2) is 19.6 Å². The zero-order valence-electron chi connectivity index (χ0n) is 14.5. The molecule has 1 saturated heterocycles. The molecule has 2 nitrogen and oxygen atoms in total. The van der Waals surface area contributed by atoms with Crippen LogP contribution in [-0.2, 0) is 6.54 Å². The highest BCUT2D eigenvalue weighted by Gasteiger charge is 2.25. The average Bonchev–Trinajstić information content (AvgIpc) is 2.39. The third kappa shape index (κ3) is 4.74. The SMILES string of the molecule is Cc1cc(CNCC(C)C)ccc1N1CCC(C)(C)CC1. The zero-order chi connectivity index (χ0) is 15.5. The average molecular weight is 288 g/mol. The summed E-state index contributed by atoms with van der Waals surface area (Å²) in [5, 5.41) is 3.52. The first-order valence-corrected chi connectivity index (χ1v) is 8.42. The van der Waals surface area contributed by atoms with Crippen molar-refractivity contribution in [3.8, 4) is 0 Å². The van der Waals surface area contributed by atoms with Crippen molar-refractivity contribution >= 4 is 5.69 Å². The molecule has 0 radical (unpaired) electrons. The summed E-state index contributed by atoms with van der Waals surface area (Å²) in [4.78, 5) is 2.56. The van der Waals surface area contributed by atoms with E-state index in [2.05, 4.69) is 63.0 Å². The number of piperidine rings is 1. The van der Waals surface area contributed by atoms with E-state index in [1.165, 1.54) is 42.7 Å². The quantitative estimate of drug-likeness (QED) is 0.865. The van der Waals surface area contributed by atoms with Gasteiger partial charge < -0.3 is 10.2 Å². The number of benzene rings is 1. The predicted octanol–water partition coefficient (Wildman–Crippen LogP) is 4.37. The molecule has 0 atom stereocenters. The van der Waals surface area contributed by atoms with Crippen molar-refractivity contribution in [2.75, 3.05) is 24.5 Å². The maximum Gasteiger partial charge on any atom is 0.0396 e. The van der Waals surface area contributed by atoms with Gasteiger partial charge in [0.25, 0.3) is 0 Å². The van der Waals surface area contributed by atoms with Gasteiger partial charge in [-0.15, -0.1) is 0 Å². The van der Waals surface area contributed by atoms with E-state index < -0.39 is 0 Å². The Balaban J connectivity index is 1.96. The fourth-order valence-corrected chi connectivity index (χ4v) is 3.04. The smallest absolute Gasteiger partial charge is 0.0396 e. The van der Waals surface area contributed by atoms with Crippen molar-refractivity contribution in [1.82, 2.24) is 5.32 Å². The Morgan fingerprint density at radius 1 is 1.19 bits per heavy atom. The predicted molar refractivity (Wildman–Crippen MR) is 93.0 cm³/mol. The van der Waals surface area contributed by atoms with Gasteiger partial charge in [0, 0.05) is 25.3 Å². The zero-order valence-corrected chi connectivity index (χ0v) is 14.5. The van der Waals surface area contributed by atoms with Crippen LogP contribution in [0.5, 0.6) is 0 Å². The fraction of sp³-hybridized carbons (Fsp3) is 0.684. The van der Waals surface area contributed by atoms with Gasteiger partial charge in [0.15, 0.2) is 0 Å².